The highest BCUT2D eigenvalue weighted by molar-refractivity contribution is 6.08. The Morgan fingerprint density at radius 1 is 0.852 bits per heavy atom. The third kappa shape index (κ3) is 2.80. The van der Waals surface area contributed by atoms with E-state index < -0.39 is 0 Å². The lowest BCUT2D eigenvalue weighted by Crippen LogP contribution is -2.18. The Balaban J connectivity index is 1.64. The van der Waals surface area contributed by atoms with E-state index in [0.717, 1.165) is 41.9 Å². The molecule has 0 saturated heterocycles. The molecule has 0 unspecified atom stereocenters. The predicted octanol–water partition coefficient (Wildman–Crippen LogP) is 5.19. The average molecular weight is 353 g/mol. The zero-order valence-corrected chi connectivity index (χ0v) is 15.3. The van der Waals surface area contributed by atoms with E-state index in [0.29, 0.717) is 5.84 Å². The van der Waals surface area contributed by atoms with E-state index >= 15 is 0 Å². The predicted molar refractivity (Wildman–Crippen MR) is 113 cm³/mol. The van der Waals surface area contributed by atoms with Crippen molar-refractivity contribution in [2.45, 2.75) is 32.2 Å². The molecule has 3 heteroatoms. The van der Waals surface area contributed by atoms with Crippen molar-refractivity contribution in [3.8, 4) is 11.1 Å². The van der Waals surface area contributed by atoms with Gasteiger partial charge in [0.15, 0.2) is 0 Å². The molecule has 0 atom stereocenters. The molecule has 0 radical (unpaired) electrons. The van der Waals surface area contributed by atoms with E-state index in [-0.39, 0.29) is 0 Å². The molecule has 3 aromatic rings. The van der Waals surface area contributed by atoms with Crippen molar-refractivity contribution in [2.24, 2.45) is 10.7 Å². The SMILES string of the molecule is NC(=Nc1cccc2c1CCCC2)c1cccc2c1-c1ccccc1CN2. The Labute approximate surface area is 160 Å². The van der Waals surface area contributed by atoms with Crippen LogP contribution in [0.25, 0.3) is 11.1 Å². The Bertz CT molecular complexity index is 1050. The van der Waals surface area contributed by atoms with E-state index in [1.807, 2.05) is 0 Å². The summed E-state index contributed by atoms with van der Waals surface area (Å²) in [5, 5.41) is 3.52. The molecule has 1 aliphatic heterocycles. The molecule has 27 heavy (non-hydrogen) atoms. The molecule has 0 bridgehead atoms. The van der Waals surface area contributed by atoms with Crippen molar-refractivity contribution in [1.29, 1.82) is 0 Å². The number of hydrogen-bond acceptors (Lipinski definition) is 2. The molecule has 0 fully saturated rings. The lowest BCUT2D eigenvalue weighted by atomic mass is 9.90. The molecular formula is C24H23N3. The van der Waals surface area contributed by atoms with Gasteiger partial charge in [0, 0.05) is 23.4 Å². The van der Waals surface area contributed by atoms with E-state index in [2.05, 4.69) is 66.0 Å². The molecule has 0 aromatic heterocycles. The van der Waals surface area contributed by atoms with Crippen LogP contribution in [0.3, 0.4) is 0 Å². The molecular weight excluding hydrogens is 330 g/mol. The van der Waals surface area contributed by atoms with Crippen LogP contribution in [0.4, 0.5) is 11.4 Å². The Morgan fingerprint density at radius 2 is 1.67 bits per heavy atom. The maximum absolute atomic E-state index is 6.56. The second kappa shape index (κ2) is 6.58. The first-order valence-corrected chi connectivity index (χ1v) is 9.72. The Kier molecular flexibility index (Phi) is 3.93. The van der Waals surface area contributed by atoms with Crippen LogP contribution in [0, 0.1) is 0 Å². The third-order valence-corrected chi connectivity index (χ3v) is 5.71. The van der Waals surface area contributed by atoms with Crippen LogP contribution < -0.4 is 11.1 Å². The molecule has 1 heterocycles. The summed E-state index contributed by atoms with van der Waals surface area (Å²) in [6.45, 7) is 0.843. The number of amidine groups is 1. The summed E-state index contributed by atoms with van der Waals surface area (Å²) >= 11 is 0. The van der Waals surface area contributed by atoms with Crippen molar-refractivity contribution in [2.75, 3.05) is 5.32 Å². The number of anilines is 1. The average Bonchev–Trinajstić information content (AvgIpc) is 2.73. The molecule has 3 nitrogen and oxygen atoms in total. The Hall–Kier alpha value is -3.07. The highest BCUT2D eigenvalue weighted by Gasteiger charge is 2.20. The number of nitrogens with zero attached hydrogens (tertiary/aromatic N) is 1. The lowest BCUT2D eigenvalue weighted by molar-refractivity contribution is 0.686. The molecule has 5 rings (SSSR count). The van der Waals surface area contributed by atoms with Crippen LogP contribution in [-0.4, -0.2) is 5.84 Å². The second-order valence-corrected chi connectivity index (χ2v) is 7.36. The van der Waals surface area contributed by atoms with Crippen molar-refractivity contribution in [3.63, 3.8) is 0 Å². The number of fused-ring (bicyclic) bond motifs is 4. The van der Waals surface area contributed by atoms with Crippen molar-refractivity contribution in [1.82, 2.24) is 0 Å². The van der Waals surface area contributed by atoms with Gasteiger partial charge in [-0.2, -0.15) is 0 Å². The van der Waals surface area contributed by atoms with Gasteiger partial charge in [-0.1, -0.05) is 48.5 Å². The van der Waals surface area contributed by atoms with Crippen molar-refractivity contribution in [3.05, 3.63) is 82.9 Å². The molecule has 3 N–H and O–H groups in total. The van der Waals surface area contributed by atoms with E-state index in [9.17, 15) is 0 Å². The summed E-state index contributed by atoms with van der Waals surface area (Å²) in [5.41, 5.74) is 16.2. The number of aliphatic imine (C=N–C) groups is 1. The number of aryl methyl sites for hydroxylation is 1. The Morgan fingerprint density at radius 3 is 2.63 bits per heavy atom. The summed E-state index contributed by atoms with van der Waals surface area (Å²) in [7, 11) is 0. The minimum absolute atomic E-state index is 0.587. The summed E-state index contributed by atoms with van der Waals surface area (Å²) in [6, 6.07) is 21.2. The van der Waals surface area contributed by atoms with Gasteiger partial charge in [0.05, 0.1) is 5.69 Å². The summed E-state index contributed by atoms with van der Waals surface area (Å²) in [4.78, 5) is 4.89. The summed E-state index contributed by atoms with van der Waals surface area (Å²) in [6.07, 6.45) is 4.75. The smallest absolute Gasteiger partial charge is 0.132 e. The molecule has 3 aromatic carbocycles. The number of nitrogens with one attached hydrogen (secondary N) is 1. The lowest BCUT2D eigenvalue weighted by Gasteiger charge is -2.24. The maximum atomic E-state index is 6.56. The van der Waals surface area contributed by atoms with Crippen LogP contribution >= 0.6 is 0 Å². The number of rotatable bonds is 2. The minimum atomic E-state index is 0.587. The normalized spacial score (nSPS) is 15.3. The first kappa shape index (κ1) is 16.1. The number of hydrogen-bond donors (Lipinski definition) is 2. The van der Waals surface area contributed by atoms with Gasteiger partial charge in [0.2, 0.25) is 0 Å². The quantitative estimate of drug-likeness (QED) is 0.492. The van der Waals surface area contributed by atoms with Gasteiger partial charge in [0.1, 0.15) is 5.84 Å². The standard InChI is InChI=1S/C24H23N3/c25-24(27-21-13-5-9-16-7-1-3-10-18(16)21)20-12-6-14-22-23(20)19-11-4-2-8-17(19)15-26-22/h2,4-6,8-9,11-14,26H,1,3,7,10,15H2,(H2,25,27). The molecule has 0 saturated carbocycles. The van der Waals surface area contributed by atoms with Gasteiger partial charge in [-0.15, -0.1) is 0 Å². The first-order chi connectivity index (χ1) is 13.3. The zero-order valence-electron chi connectivity index (χ0n) is 15.3. The highest BCUT2D eigenvalue weighted by atomic mass is 14.9. The van der Waals surface area contributed by atoms with Gasteiger partial charge < -0.3 is 11.1 Å². The number of nitrogens with two attached hydrogens (primary N) is 1. The van der Waals surface area contributed by atoms with Crippen molar-refractivity contribution >= 4 is 17.2 Å². The van der Waals surface area contributed by atoms with Gasteiger partial charge in [-0.3, -0.25) is 0 Å². The highest BCUT2D eigenvalue weighted by Crippen LogP contribution is 2.38. The summed E-state index contributed by atoms with van der Waals surface area (Å²) < 4.78 is 0. The zero-order chi connectivity index (χ0) is 18.2. The third-order valence-electron chi connectivity index (χ3n) is 5.71. The topological polar surface area (TPSA) is 50.4 Å². The van der Waals surface area contributed by atoms with Crippen LogP contribution in [0.2, 0.25) is 0 Å². The van der Waals surface area contributed by atoms with Crippen molar-refractivity contribution < 1.29 is 0 Å². The molecule has 1 aliphatic carbocycles. The van der Waals surface area contributed by atoms with Crippen LogP contribution in [-0.2, 0) is 19.4 Å². The van der Waals surface area contributed by atoms with Gasteiger partial charge in [-0.25, -0.2) is 4.99 Å². The number of benzene rings is 3. The first-order valence-electron chi connectivity index (χ1n) is 9.72. The van der Waals surface area contributed by atoms with Gasteiger partial charge >= 0.3 is 0 Å². The molecule has 0 amide bonds. The second-order valence-electron chi connectivity index (χ2n) is 7.36. The molecule has 2 aliphatic rings. The van der Waals surface area contributed by atoms with Crippen LogP contribution in [0.1, 0.15) is 35.1 Å². The van der Waals surface area contributed by atoms with Gasteiger partial charge in [0.25, 0.3) is 0 Å². The fraction of sp³-hybridized carbons (Fsp3) is 0.208. The maximum Gasteiger partial charge on any atom is 0.132 e. The van der Waals surface area contributed by atoms with Gasteiger partial charge in [-0.05, 0) is 60.1 Å². The van der Waals surface area contributed by atoms with E-state index in [1.54, 1.807) is 0 Å². The molecule has 0 spiro atoms. The summed E-state index contributed by atoms with van der Waals surface area (Å²) in [5.74, 6) is 0.587. The largest absolute Gasteiger partial charge is 0.383 e. The molecule has 134 valence electrons. The minimum Gasteiger partial charge on any atom is -0.383 e. The fourth-order valence-corrected chi connectivity index (χ4v) is 4.37. The van der Waals surface area contributed by atoms with E-state index in [1.165, 1.54) is 35.1 Å². The fourth-order valence-electron chi connectivity index (χ4n) is 4.37. The van der Waals surface area contributed by atoms with Crippen LogP contribution in [0.15, 0.2) is 65.7 Å². The van der Waals surface area contributed by atoms with Crippen LogP contribution in [0.5, 0.6) is 0 Å². The van der Waals surface area contributed by atoms with E-state index in [4.69, 9.17) is 10.7 Å². The monoisotopic (exact) mass is 353 g/mol.